The Kier molecular flexibility index (Phi) is 3.90. The molecule has 0 aliphatic rings. The Morgan fingerprint density at radius 3 is 2.68 bits per heavy atom. The molecule has 4 nitrogen and oxygen atoms in total. The van der Waals surface area contributed by atoms with Gasteiger partial charge >= 0.3 is 0 Å². The van der Waals surface area contributed by atoms with Gasteiger partial charge in [-0.2, -0.15) is 0 Å². The van der Waals surface area contributed by atoms with Crippen molar-refractivity contribution in [2.45, 2.75) is 26.8 Å². The second-order valence-corrected chi connectivity index (χ2v) is 4.31. The van der Waals surface area contributed by atoms with Crippen LogP contribution in [0.15, 0.2) is 16.5 Å². The third-order valence-corrected chi connectivity index (χ3v) is 2.80. The van der Waals surface area contributed by atoms with Crippen molar-refractivity contribution in [2.24, 2.45) is 0 Å². The van der Waals surface area contributed by atoms with Gasteiger partial charge in [0.1, 0.15) is 11.6 Å². The number of halogens is 2. The van der Waals surface area contributed by atoms with Crippen LogP contribution in [-0.2, 0) is 0 Å². The molecule has 2 rings (SSSR count). The Morgan fingerprint density at radius 1 is 1.26 bits per heavy atom. The third-order valence-electron chi connectivity index (χ3n) is 2.80. The van der Waals surface area contributed by atoms with Crippen molar-refractivity contribution in [3.05, 3.63) is 35.2 Å². The fourth-order valence-electron chi connectivity index (χ4n) is 1.73. The summed E-state index contributed by atoms with van der Waals surface area (Å²) >= 11 is 0. The molecule has 0 aliphatic heterocycles. The van der Waals surface area contributed by atoms with Gasteiger partial charge in [-0.25, -0.2) is 8.78 Å². The number of benzene rings is 1. The molecule has 0 amide bonds. The van der Waals surface area contributed by atoms with E-state index in [1.165, 1.54) is 6.07 Å². The van der Waals surface area contributed by atoms with E-state index in [4.69, 9.17) is 4.42 Å². The molecule has 0 spiro atoms. The largest absolute Gasteiger partial charge is 0.419 e. The van der Waals surface area contributed by atoms with E-state index < -0.39 is 11.6 Å². The van der Waals surface area contributed by atoms with Crippen molar-refractivity contribution < 1.29 is 13.2 Å². The molecule has 19 heavy (non-hydrogen) atoms. The number of hydrogen-bond acceptors (Lipinski definition) is 4. The third kappa shape index (κ3) is 2.78. The van der Waals surface area contributed by atoms with E-state index in [-0.39, 0.29) is 17.5 Å². The highest BCUT2D eigenvalue weighted by molar-refractivity contribution is 5.55. The molecule has 1 aromatic carbocycles. The number of rotatable bonds is 4. The van der Waals surface area contributed by atoms with E-state index in [0.717, 1.165) is 12.6 Å². The fraction of sp³-hybridized carbons (Fsp3) is 0.385. The van der Waals surface area contributed by atoms with Crippen LogP contribution in [0.5, 0.6) is 0 Å². The smallest absolute Gasteiger partial charge is 0.250 e. The summed E-state index contributed by atoms with van der Waals surface area (Å²) in [4.78, 5) is 0. The standard InChI is InChI=1S/C13H15F2N3O/c1-4-16-8(3)12-17-18-13(19-12)9-5-7(2)10(14)6-11(9)15/h5-6,8,16H,4H2,1-3H3. The maximum Gasteiger partial charge on any atom is 0.250 e. The monoisotopic (exact) mass is 267 g/mol. The zero-order chi connectivity index (χ0) is 14.0. The lowest BCUT2D eigenvalue weighted by molar-refractivity contribution is 0.427. The number of aromatic nitrogens is 2. The molecular weight excluding hydrogens is 252 g/mol. The molecule has 1 heterocycles. The van der Waals surface area contributed by atoms with Gasteiger partial charge in [-0.05, 0) is 32.0 Å². The minimum absolute atomic E-state index is 0.0559. The van der Waals surface area contributed by atoms with E-state index in [9.17, 15) is 8.78 Å². The second-order valence-electron chi connectivity index (χ2n) is 4.31. The molecule has 1 atom stereocenters. The molecule has 0 aliphatic carbocycles. The SMILES string of the molecule is CCNC(C)c1nnc(-c2cc(C)c(F)cc2F)o1. The van der Waals surface area contributed by atoms with Crippen LogP contribution in [0.3, 0.4) is 0 Å². The lowest BCUT2D eigenvalue weighted by Crippen LogP contribution is -2.17. The number of nitrogens with one attached hydrogen (secondary N) is 1. The molecule has 2 aromatic rings. The van der Waals surface area contributed by atoms with Crippen LogP contribution in [0.1, 0.15) is 31.3 Å². The maximum atomic E-state index is 13.7. The summed E-state index contributed by atoms with van der Waals surface area (Å²) < 4.78 is 32.3. The molecule has 0 bridgehead atoms. The number of nitrogens with zero attached hydrogens (tertiary/aromatic N) is 2. The fourth-order valence-corrected chi connectivity index (χ4v) is 1.73. The first kappa shape index (κ1) is 13.6. The van der Waals surface area contributed by atoms with E-state index >= 15 is 0 Å². The molecule has 1 N–H and O–H groups in total. The Morgan fingerprint density at radius 2 is 2.00 bits per heavy atom. The molecule has 102 valence electrons. The van der Waals surface area contributed by atoms with Gasteiger partial charge < -0.3 is 9.73 Å². The Balaban J connectivity index is 2.35. The molecular formula is C13H15F2N3O. The van der Waals surface area contributed by atoms with Crippen molar-refractivity contribution in [3.8, 4) is 11.5 Å². The van der Waals surface area contributed by atoms with E-state index in [2.05, 4.69) is 15.5 Å². The van der Waals surface area contributed by atoms with Crippen molar-refractivity contribution in [1.29, 1.82) is 0 Å². The lowest BCUT2D eigenvalue weighted by atomic mass is 10.1. The van der Waals surface area contributed by atoms with Gasteiger partial charge in [0.15, 0.2) is 0 Å². The summed E-state index contributed by atoms with van der Waals surface area (Å²) in [5, 5.41) is 10.8. The van der Waals surface area contributed by atoms with Gasteiger partial charge in [0.05, 0.1) is 11.6 Å². The average Bonchev–Trinajstić information content (AvgIpc) is 2.83. The Bertz CT molecular complexity index is 583. The molecule has 0 saturated heterocycles. The summed E-state index contributed by atoms with van der Waals surface area (Å²) in [6, 6.07) is 2.07. The molecule has 0 radical (unpaired) electrons. The minimum Gasteiger partial charge on any atom is -0.419 e. The Labute approximate surface area is 109 Å². The zero-order valence-corrected chi connectivity index (χ0v) is 11.0. The van der Waals surface area contributed by atoms with Crippen LogP contribution in [-0.4, -0.2) is 16.7 Å². The first-order valence-corrected chi connectivity index (χ1v) is 6.05. The van der Waals surface area contributed by atoms with Crippen LogP contribution >= 0.6 is 0 Å². The quantitative estimate of drug-likeness (QED) is 0.925. The van der Waals surface area contributed by atoms with Crippen molar-refractivity contribution in [1.82, 2.24) is 15.5 Å². The normalized spacial score (nSPS) is 12.7. The van der Waals surface area contributed by atoms with Gasteiger partial charge in [-0.3, -0.25) is 0 Å². The van der Waals surface area contributed by atoms with Crippen molar-refractivity contribution in [3.63, 3.8) is 0 Å². The summed E-state index contributed by atoms with van der Waals surface area (Å²) in [5.41, 5.74) is 0.442. The molecule has 0 fully saturated rings. The highest BCUT2D eigenvalue weighted by atomic mass is 19.1. The predicted molar refractivity (Wildman–Crippen MR) is 66.5 cm³/mol. The van der Waals surface area contributed by atoms with Crippen molar-refractivity contribution >= 4 is 0 Å². The maximum absolute atomic E-state index is 13.7. The zero-order valence-electron chi connectivity index (χ0n) is 11.0. The van der Waals surface area contributed by atoms with Crippen LogP contribution in [0.25, 0.3) is 11.5 Å². The minimum atomic E-state index is -0.714. The predicted octanol–water partition coefficient (Wildman–Crippen LogP) is 2.99. The molecule has 6 heteroatoms. The second kappa shape index (κ2) is 5.44. The van der Waals surface area contributed by atoms with Gasteiger partial charge in [0, 0.05) is 6.07 Å². The molecule has 0 saturated carbocycles. The summed E-state index contributed by atoms with van der Waals surface area (Å²) in [6.45, 7) is 6.13. The number of hydrogen-bond donors (Lipinski definition) is 1. The molecule has 1 aromatic heterocycles. The van der Waals surface area contributed by atoms with E-state index in [0.29, 0.717) is 11.5 Å². The summed E-state index contributed by atoms with van der Waals surface area (Å²) in [7, 11) is 0. The van der Waals surface area contributed by atoms with Gasteiger partial charge in [0.2, 0.25) is 5.89 Å². The first-order valence-electron chi connectivity index (χ1n) is 6.05. The van der Waals surface area contributed by atoms with Crippen LogP contribution in [0, 0.1) is 18.6 Å². The Hall–Kier alpha value is -1.82. The highest BCUT2D eigenvalue weighted by Gasteiger charge is 2.17. The average molecular weight is 267 g/mol. The summed E-state index contributed by atoms with van der Waals surface area (Å²) in [6.07, 6.45) is 0. The van der Waals surface area contributed by atoms with Crippen LogP contribution in [0.2, 0.25) is 0 Å². The van der Waals surface area contributed by atoms with E-state index in [1.807, 2.05) is 13.8 Å². The first-order chi connectivity index (χ1) is 9.02. The van der Waals surface area contributed by atoms with Gasteiger partial charge in [0.25, 0.3) is 5.89 Å². The van der Waals surface area contributed by atoms with E-state index in [1.54, 1.807) is 6.92 Å². The van der Waals surface area contributed by atoms with Crippen LogP contribution < -0.4 is 5.32 Å². The van der Waals surface area contributed by atoms with Crippen molar-refractivity contribution in [2.75, 3.05) is 6.54 Å². The topological polar surface area (TPSA) is 51.0 Å². The highest BCUT2D eigenvalue weighted by Crippen LogP contribution is 2.25. The van der Waals surface area contributed by atoms with Gasteiger partial charge in [-0.15, -0.1) is 10.2 Å². The lowest BCUT2D eigenvalue weighted by Gasteiger charge is -2.06. The molecule has 1 unspecified atom stereocenters. The van der Waals surface area contributed by atoms with Gasteiger partial charge in [-0.1, -0.05) is 6.92 Å². The summed E-state index contributed by atoms with van der Waals surface area (Å²) in [5.74, 6) is -0.880. The van der Waals surface area contributed by atoms with Crippen LogP contribution in [0.4, 0.5) is 8.78 Å². The number of aryl methyl sites for hydroxylation is 1.